The van der Waals surface area contributed by atoms with Crippen LogP contribution >= 0.6 is 0 Å². The Hall–Kier alpha value is -3.24. The number of nitrogens with zero attached hydrogens (tertiary/aromatic N) is 5. The largest absolute Gasteiger partial charge is 0.417 e. The number of aromatic nitrogens is 4. The van der Waals surface area contributed by atoms with Crippen molar-refractivity contribution >= 4 is 32.7 Å². The van der Waals surface area contributed by atoms with E-state index in [2.05, 4.69) is 30.1 Å². The van der Waals surface area contributed by atoms with Gasteiger partial charge in [0.05, 0.1) is 23.1 Å². The van der Waals surface area contributed by atoms with Gasteiger partial charge in [-0.05, 0) is 44.6 Å². The molecule has 1 aliphatic heterocycles. The Morgan fingerprint density at radius 3 is 2.56 bits per heavy atom. The first-order chi connectivity index (χ1) is 17.1. The van der Waals surface area contributed by atoms with Gasteiger partial charge < -0.3 is 10.3 Å². The van der Waals surface area contributed by atoms with E-state index in [0.717, 1.165) is 25.1 Å². The van der Waals surface area contributed by atoms with E-state index in [1.54, 1.807) is 4.31 Å². The summed E-state index contributed by atoms with van der Waals surface area (Å²) in [5, 5.41) is 3.23. The van der Waals surface area contributed by atoms with E-state index in [1.807, 2.05) is 6.92 Å². The van der Waals surface area contributed by atoms with Crippen LogP contribution in [-0.2, 0) is 16.2 Å². The summed E-state index contributed by atoms with van der Waals surface area (Å²) in [6.07, 6.45) is 1.90. The lowest BCUT2D eigenvalue weighted by Crippen LogP contribution is -2.43. The first-order valence-corrected chi connectivity index (χ1v) is 13.1. The molecule has 0 radical (unpaired) electrons. The number of sulfonamides is 1. The van der Waals surface area contributed by atoms with Crippen molar-refractivity contribution < 1.29 is 21.6 Å². The predicted octanol–water partition coefficient (Wildman–Crippen LogP) is 4.59. The van der Waals surface area contributed by atoms with Crippen molar-refractivity contribution in [3.63, 3.8) is 0 Å². The van der Waals surface area contributed by atoms with Crippen LogP contribution in [-0.4, -0.2) is 57.0 Å². The second-order valence-corrected chi connectivity index (χ2v) is 11.5. The molecule has 0 amide bonds. The molecule has 36 heavy (non-hydrogen) atoms. The van der Waals surface area contributed by atoms with E-state index < -0.39 is 21.8 Å². The summed E-state index contributed by atoms with van der Waals surface area (Å²) in [5.74, 6) is 0.432. The number of pyridine rings is 1. The van der Waals surface area contributed by atoms with Gasteiger partial charge in [0.15, 0.2) is 0 Å². The number of aromatic amines is 1. The Bertz CT molecular complexity index is 1440. The number of hydrogen-bond donors (Lipinski definition) is 2. The highest BCUT2D eigenvalue weighted by Gasteiger charge is 2.41. The van der Waals surface area contributed by atoms with Crippen LogP contribution in [0.4, 0.5) is 24.8 Å². The highest BCUT2D eigenvalue weighted by atomic mass is 32.2. The van der Waals surface area contributed by atoms with Gasteiger partial charge in [-0.1, -0.05) is 0 Å². The molecule has 1 saturated carbocycles. The molecule has 0 spiro atoms. The van der Waals surface area contributed by atoms with Crippen molar-refractivity contribution in [2.75, 3.05) is 18.4 Å². The third-order valence-electron chi connectivity index (χ3n) is 6.87. The molecule has 2 fully saturated rings. The number of fused-ring (bicyclic) bond motifs is 1. The molecule has 1 atom stereocenters. The number of alkyl halides is 3. The Balaban J connectivity index is 1.36. The van der Waals surface area contributed by atoms with Gasteiger partial charge in [-0.2, -0.15) is 13.2 Å². The number of anilines is 1. The monoisotopic (exact) mass is 519 g/mol. The minimum Gasteiger partial charge on any atom is -0.352 e. The molecule has 2 N–H and O–H groups in total. The zero-order valence-corrected chi connectivity index (χ0v) is 20.2. The zero-order chi connectivity index (χ0) is 25.7. The number of rotatable bonds is 6. The number of piperidine rings is 1. The molecule has 190 valence electrons. The third kappa shape index (κ3) is 4.62. The second kappa shape index (κ2) is 9.01. The highest BCUT2D eigenvalue weighted by molar-refractivity contribution is 7.90. The average Bonchev–Trinajstić information content (AvgIpc) is 3.64. The van der Waals surface area contributed by atoms with Gasteiger partial charge in [0.2, 0.25) is 21.7 Å². The fourth-order valence-electron chi connectivity index (χ4n) is 4.61. The maximum Gasteiger partial charge on any atom is 0.417 e. The van der Waals surface area contributed by atoms with Crippen LogP contribution in [0.1, 0.15) is 38.2 Å². The molecule has 1 saturated heterocycles. The maximum atomic E-state index is 13.2. The molecule has 3 aromatic heterocycles. The summed E-state index contributed by atoms with van der Waals surface area (Å²) in [6.45, 7) is 10.4. The van der Waals surface area contributed by atoms with Crippen LogP contribution < -0.4 is 5.32 Å². The standard InChI is InChI=1S/C23H24F3N7O2S/c1-13(14-5-7-33(8-6-14)36(34,35)16-3-4-16)31-22-30-12-19(27-2)20(32-22)18-11-29-21-17(18)9-15(10-28-21)23(24,25)26/h9-14,16H,3-8H2,1H3,(H,28,29)(H,30,31,32). The van der Waals surface area contributed by atoms with Gasteiger partial charge >= 0.3 is 6.18 Å². The molecule has 13 heteroatoms. The molecule has 1 unspecified atom stereocenters. The van der Waals surface area contributed by atoms with Crippen LogP contribution in [0, 0.1) is 12.5 Å². The summed E-state index contributed by atoms with van der Waals surface area (Å²) in [4.78, 5) is 18.9. The lowest BCUT2D eigenvalue weighted by atomic mass is 9.91. The van der Waals surface area contributed by atoms with Crippen molar-refractivity contribution in [1.29, 1.82) is 0 Å². The lowest BCUT2D eigenvalue weighted by molar-refractivity contribution is -0.137. The fourth-order valence-corrected chi connectivity index (χ4v) is 6.48. The van der Waals surface area contributed by atoms with Crippen molar-refractivity contribution in [2.45, 2.75) is 50.1 Å². The zero-order valence-electron chi connectivity index (χ0n) is 19.4. The van der Waals surface area contributed by atoms with E-state index in [1.165, 1.54) is 12.4 Å². The van der Waals surface area contributed by atoms with E-state index in [4.69, 9.17) is 6.57 Å². The molecule has 4 heterocycles. The van der Waals surface area contributed by atoms with Crippen LogP contribution in [0.2, 0.25) is 0 Å². The fraction of sp³-hybridized carbons (Fsp3) is 0.478. The minimum atomic E-state index is -4.56. The van der Waals surface area contributed by atoms with Crippen molar-refractivity contribution in [3.05, 3.63) is 41.6 Å². The molecule has 5 rings (SSSR count). The van der Waals surface area contributed by atoms with Gasteiger partial charge in [-0.25, -0.2) is 32.5 Å². The van der Waals surface area contributed by atoms with Gasteiger partial charge in [0.25, 0.3) is 0 Å². The molecular weight excluding hydrogens is 495 g/mol. The van der Waals surface area contributed by atoms with Crippen LogP contribution in [0.25, 0.3) is 27.1 Å². The van der Waals surface area contributed by atoms with Gasteiger partial charge in [-0.15, -0.1) is 0 Å². The first-order valence-electron chi connectivity index (χ1n) is 11.6. The van der Waals surface area contributed by atoms with Gasteiger partial charge in [0.1, 0.15) is 5.65 Å². The van der Waals surface area contributed by atoms with E-state index in [9.17, 15) is 21.6 Å². The van der Waals surface area contributed by atoms with E-state index in [0.29, 0.717) is 31.5 Å². The van der Waals surface area contributed by atoms with Crippen LogP contribution in [0.3, 0.4) is 0 Å². The van der Waals surface area contributed by atoms with Crippen molar-refractivity contribution in [3.8, 4) is 11.3 Å². The Kier molecular flexibility index (Phi) is 6.12. The molecule has 0 aromatic carbocycles. The Morgan fingerprint density at radius 1 is 1.19 bits per heavy atom. The summed E-state index contributed by atoms with van der Waals surface area (Å²) in [6, 6.07) is 0.910. The smallest absolute Gasteiger partial charge is 0.352 e. The van der Waals surface area contributed by atoms with Gasteiger partial charge in [-0.3, -0.25) is 0 Å². The van der Waals surface area contributed by atoms with Crippen LogP contribution in [0.5, 0.6) is 0 Å². The molecule has 1 aliphatic carbocycles. The summed E-state index contributed by atoms with van der Waals surface area (Å²) in [5.41, 5.74) is -0.0107. The first kappa shape index (κ1) is 24.5. The average molecular weight is 520 g/mol. The maximum absolute atomic E-state index is 13.2. The summed E-state index contributed by atoms with van der Waals surface area (Å²) in [7, 11) is -3.18. The topological polar surface area (TPSA) is 108 Å². The molecule has 3 aromatic rings. The van der Waals surface area contributed by atoms with E-state index in [-0.39, 0.29) is 45.6 Å². The Labute approximate surface area is 206 Å². The van der Waals surface area contributed by atoms with Crippen molar-refractivity contribution in [1.82, 2.24) is 24.2 Å². The SMILES string of the molecule is [C-]#[N+]c1cnc(NC(C)C2CCN(S(=O)(=O)C3CC3)CC2)nc1-c1c[nH]c2ncc(C(F)(F)F)cc12. The highest BCUT2D eigenvalue weighted by Crippen LogP contribution is 2.37. The third-order valence-corrected chi connectivity index (χ3v) is 9.27. The normalized spacial score (nSPS) is 18.8. The number of hydrogen-bond acceptors (Lipinski definition) is 6. The van der Waals surface area contributed by atoms with E-state index >= 15 is 0 Å². The number of halogens is 3. The lowest BCUT2D eigenvalue weighted by Gasteiger charge is -2.34. The van der Waals surface area contributed by atoms with Crippen LogP contribution in [0.15, 0.2) is 24.7 Å². The summed E-state index contributed by atoms with van der Waals surface area (Å²) < 4.78 is 66.3. The summed E-state index contributed by atoms with van der Waals surface area (Å²) >= 11 is 0. The molecule has 0 bridgehead atoms. The quantitative estimate of drug-likeness (QED) is 0.461. The van der Waals surface area contributed by atoms with Gasteiger partial charge in [0, 0.05) is 48.7 Å². The van der Waals surface area contributed by atoms with Crippen molar-refractivity contribution in [2.24, 2.45) is 5.92 Å². The second-order valence-electron chi connectivity index (χ2n) is 9.27. The minimum absolute atomic E-state index is 0.0797. The number of H-pyrrole nitrogens is 1. The molecular formula is C23H24F3N7O2S. The number of nitrogens with one attached hydrogen (secondary N) is 2. The molecule has 9 nitrogen and oxygen atoms in total. The Morgan fingerprint density at radius 2 is 1.92 bits per heavy atom. The molecule has 2 aliphatic rings. The predicted molar refractivity (Wildman–Crippen MR) is 128 cm³/mol.